The van der Waals surface area contributed by atoms with Gasteiger partial charge in [-0.05, 0) is 25.0 Å². The summed E-state index contributed by atoms with van der Waals surface area (Å²) in [6.07, 6.45) is 4.79. The number of nitrogens with zero attached hydrogens (tertiary/aromatic N) is 3. The summed E-state index contributed by atoms with van der Waals surface area (Å²) in [5, 5.41) is 3.86. The second-order valence-electron chi connectivity index (χ2n) is 4.52. The zero-order chi connectivity index (χ0) is 13.5. The molecule has 3 N–H and O–H groups in total. The van der Waals surface area contributed by atoms with Crippen molar-refractivity contribution in [3.63, 3.8) is 0 Å². The molecule has 0 amide bonds. The van der Waals surface area contributed by atoms with Crippen LogP contribution in [0.3, 0.4) is 0 Å². The molecule has 1 unspecified atom stereocenters. The van der Waals surface area contributed by atoms with Gasteiger partial charge in [-0.2, -0.15) is 26.7 Å². The standard InChI is InChI=1S/C12H21N5OS/c1-2-6-18-12-16-10(13)15-11(17-12)14-8-9-5-3-4-7-19-9/h9H,2-8H2,1H3,(H3,13,14,15,16,17). The first-order valence-corrected chi connectivity index (χ1v) is 7.82. The minimum absolute atomic E-state index is 0.194. The summed E-state index contributed by atoms with van der Waals surface area (Å²) in [5.74, 6) is 1.95. The van der Waals surface area contributed by atoms with Crippen molar-refractivity contribution < 1.29 is 4.74 Å². The van der Waals surface area contributed by atoms with Crippen molar-refractivity contribution in [1.29, 1.82) is 0 Å². The molecule has 0 aliphatic carbocycles. The predicted molar refractivity (Wildman–Crippen MR) is 78.6 cm³/mol. The molecular formula is C12H21N5OS. The predicted octanol–water partition coefficient (Wildman–Crippen LogP) is 1.94. The third-order valence-corrected chi connectivity index (χ3v) is 4.23. The van der Waals surface area contributed by atoms with Crippen molar-refractivity contribution in [1.82, 2.24) is 15.0 Å². The molecule has 1 saturated heterocycles. The highest BCUT2D eigenvalue weighted by atomic mass is 32.2. The van der Waals surface area contributed by atoms with Crippen LogP contribution < -0.4 is 15.8 Å². The van der Waals surface area contributed by atoms with Crippen LogP contribution in [0.5, 0.6) is 6.01 Å². The molecule has 1 aromatic rings. The van der Waals surface area contributed by atoms with Gasteiger partial charge in [0.05, 0.1) is 6.61 Å². The van der Waals surface area contributed by atoms with Crippen LogP contribution in [-0.4, -0.2) is 39.1 Å². The van der Waals surface area contributed by atoms with E-state index in [-0.39, 0.29) is 5.95 Å². The van der Waals surface area contributed by atoms with Gasteiger partial charge in [-0.25, -0.2) is 0 Å². The Kier molecular flexibility index (Phi) is 5.50. The fraction of sp³-hybridized carbons (Fsp3) is 0.750. The fourth-order valence-electron chi connectivity index (χ4n) is 1.88. The van der Waals surface area contributed by atoms with Crippen molar-refractivity contribution in [3.05, 3.63) is 0 Å². The molecule has 0 spiro atoms. The summed E-state index contributed by atoms with van der Waals surface area (Å²) in [4.78, 5) is 12.2. The van der Waals surface area contributed by atoms with Crippen LogP contribution in [-0.2, 0) is 0 Å². The van der Waals surface area contributed by atoms with E-state index in [2.05, 4.69) is 20.3 Å². The second kappa shape index (κ2) is 7.37. The van der Waals surface area contributed by atoms with Crippen LogP contribution in [0.2, 0.25) is 0 Å². The number of aromatic nitrogens is 3. The van der Waals surface area contributed by atoms with Gasteiger partial charge >= 0.3 is 6.01 Å². The number of nitrogen functional groups attached to an aromatic ring is 1. The van der Waals surface area contributed by atoms with Crippen LogP contribution in [0.4, 0.5) is 11.9 Å². The van der Waals surface area contributed by atoms with Gasteiger partial charge in [0, 0.05) is 11.8 Å². The van der Waals surface area contributed by atoms with E-state index < -0.39 is 0 Å². The lowest BCUT2D eigenvalue weighted by molar-refractivity contribution is 0.292. The minimum atomic E-state index is 0.194. The quantitative estimate of drug-likeness (QED) is 0.825. The van der Waals surface area contributed by atoms with E-state index in [1.54, 1.807) is 0 Å². The molecule has 0 aromatic carbocycles. The molecule has 6 nitrogen and oxygen atoms in total. The molecule has 1 aliphatic heterocycles. The Balaban J connectivity index is 1.89. The summed E-state index contributed by atoms with van der Waals surface area (Å²) in [5.41, 5.74) is 5.65. The first kappa shape index (κ1) is 14.2. The minimum Gasteiger partial charge on any atom is -0.463 e. The molecule has 0 bridgehead atoms. The molecule has 0 radical (unpaired) electrons. The largest absolute Gasteiger partial charge is 0.463 e. The molecule has 7 heteroatoms. The van der Waals surface area contributed by atoms with Gasteiger partial charge in [0.2, 0.25) is 11.9 Å². The Morgan fingerprint density at radius 2 is 2.26 bits per heavy atom. The van der Waals surface area contributed by atoms with Crippen molar-refractivity contribution in [2.75, 3.05) is 30.0 Å². The number of anilines is 2. The van der Waals surface area contributed by atoms with Gasteiger partial charge in [0.1, 0.15) is 0 Å². The summed E-state index contributed by atoms with van der Waals surface area (Å²) in [6, 6.07) is 0.299. The lowest BCUT2D eigenvalue weighted by Crippen LogP contribution is -2.21. The number of hydrogen-bond acceptors (Lipinski definition) is 7. The van der Waals surface area contributed by atoms with E-state index in [9.17, 15) is 0 Å². The Morgan fingerprint density at radius 1 is 1.37 bits per heavy atom. The molecule has 106 valence electrons. The van der Waals surface area contributed by atoms with Crippen molar-refractivity contribution >= 4 is 23.7 Å². The third kappa shape index (κ3) is 4.74. The SMILES string of the molecule is CCCOc1nc(N)nc(NCC2CCCCS2)n1. The van der Waals surface area contributed by atoms with E-state index >= 15 is 0 Å². The second-order valence-corrected chi connectivity index (χ2v) is 5.93. The number of hydrogen-bond donors (Lipinski definition) is 2. The van der Waals surface area contributed by atoms with Gasteiger partial charge in [0.25, 0.3) is 0 Å². The first-order valence-electron chi connectivity index (χ1n) is 6.77. The highest BCUT2D eigenvalue weighted by Crippen LogP contribution is 2.25. The molecule has 2 heterocycles. The molecule has 1 aliphatic rings. The Hall–Kier alpha value is -1.24. The van der Waals surface area contributed by atoms with E-state index in [0.717, 1.165) is 13.0 Å². The monoisotopic (exact) mass is 283 g/mol. The van der Waals surface area contributed by atoms with Crippen molar-refractivity contribution in [2.45, 2.75) is 37.9 Å². The normalized spacial score (nSPS) is 19.1. The molecule has 1 aromatic heterocycles. The number of thioether (sulfide) groups is 1. The van der Waals surface area contributed by atoms with Crippen molar-refractivity contribution in [3.8, 4) is 6.01 Å². The van der Waals surface area contributed by atoms with Crippen LogP contribution in [0.15, 0.2) is 0 Å². The van der Waals surface area contributed by atoms with Gasteiger partial charge in [-0.1, -0.05) is 13.3 Å². The van der Waals surface area contributed by atoms with Crippen LogP contribution in [0, 0.1) is 0 Å². The van der Waals surface area contributed by atoms with E-state index in [0.29, 0.717) is 23.8 Å². The number of nitrogens with two attached hydrogens (primary N) is 1. The first-order chi connectivity index (χ1) is 9.28. The van der Waals surface area contributed by atoms with Crippen molar-refractivity contribution in [2.24, 2.45) is 0 Å². The third-order valence-electron chi connectivity index (χ3n) is 2.83. The maximum Gasteiger partial charge on any atom is 0.323 e. The lowest BCUT2D eigenvalue weighted by Gasteiger charge is -2.21. The zero-order valence-electron chi connectivity index (χ0n) is 11.3. The maximum atomic E-state index is 5.65. The highest BCUT2D eigenvalue weighted by Gasteiger charge is 2.14. The summed E-state index contributed by atoms with van der Waals surface area (Å²) < 4.78 is 5.38. The van der Waals surface area contributed by atoms with Crippen LogP contribution >= 0.6 is 11.8 Å². The van der Waals surface area contributed by atoms with Gasteiger partial charge < -0.3 is 15.8 Å². The Bertz CT molecular complexity index is 398. The maximum absolute atomic E-state index is 5.65. The fourth-order valence-corrected chi connectivity index (χ4v) is 3.12. The summed E-state index contributed by atoms with van der Waals surface area (Å²) in [7, 11) is 0. The van der Waals surface area contributed by atoms with E-state index in [1.165, 1.54) is 25.0 Å². The Morgan fingerprint density at radius 3 is 3.00 bits per heavy atom. The smallest absolute Gasteiger partial charge is 0.323 e. The lowest BCUT2D eigenvalue weighted by atomic mass is 10.2. The molecule has 19 heavy (non-hydrogen) atoms. The number of nitrogens with one attached hydrogen (secondary N) is 1. The number of rotatable bonds is 6. The summed E-state index contributed by atoms with van der Waals surface area (Å²) >= 11 is 2.01. The summed E-state index contributed by atoms with van der Waals surface area (Å²) in [6.45, 7) is 3.48. The Labute approximate surface area is 117 Å². The van der Waals surface area contributed by atoms with Gasteiger partial charge in [0.15, 0.2) is 0 Å². The zero-order valence-corrected chi connectivity index (χ0v) is 12.1. The number of ether oxygens (including phenoxy) is 1. The molecule has 2 rings (SSSR count). The van der Waals surface area contributed by atoms with Crippen LogP contribution in [0.25, 0.3) is 0 Å². The molecule has 0 saturated carbocycles. The topological polar surface area (TPSA) is 86.0 Å². The van der Waals surface area contributed by atoms with Gasteiger partial charge in [-0.3, -0.25) is 0 Å². The van der Waals surface area contributed by atoms with Gasteiger partial charge in [-0.15, -0.1) is 0 Å². The molecule has 1 fully saturated rings. The molecular weight excluding hydrogens is 262 g/mol. The average molecular weight is 283 g/mol. The average Bonchev–Trinajstić information content (AvgIpc) is 2.43. The molecule has 1 atom stereocenters. The van der Waals surface area contributed by atoms with E-state index in [1.807, 2.05) is 18.7 Å². The van der Waals surface area contributed by atoms with E-state index in [4.69, 9.17) is 10.5 Å². The highest BCUT2D eigenvalue weighted by molar-refractivity contribution is 7.99. The van der Waals surface area contributed by atoms with Crippen LogP contribution in [0.1, 0.15) is 32.6 Å².